The summed E-state index contributed by atoms with van der Waals surface area (Å²) in [6.45, 7) is 4.95. The number of hydrogen-bond acceptors (Lipinski definition) is 2. The second-order valence-corrected chi connectivity index (χ2v) is 4.72. The van der Waals surface area contributed by atoms with Crippen molar-refractivity contribution in [2.45, 2.75) is 26.4 Å². The van der Waals surface area contributed by atoms with Gasteiger partial charge in [0.2, 0.25) is 5.91 Å². The molecule has 0 saturated carbocycles. The highest BCUT2D eigenvalue weighted by atomic mass is 19.1. The van der Waals surface area contributed by atoms with Gasteiger partial charge in [-0.15, -0.1) is 0 Å². The van der Waals surface area contributed by atoms with Crippen LogP contribution >= 0.6 is 0 Å². The molecule has 0 unspecified atom stereocenters. The Bertz CT molecular complexity index is 216. The van der Waals surface area contributed by atoms with E-state index >= 15 is 0 Å². The number of carbonyl (C=O) groups is 1. The Balaban J connectivity index is 2.49. The minimum atomic E-state index is -1.55. The van der Waals surface area contributed by atoms with Crippen LogP contribution in [0.5, 0.6) is 0 Å². The highest BCUT2D eigenvalue weighted by Crippen LogP contribution is 2.29. The molecule has 1 aliphatic heterocycles. The lowest BCUT2D eigenvalue weighted by molar-refractivity contribution is -0.157. The predicted octanol–water partition coefficient (Wildman–Crippen LogP) is 0.575. The summed E-state index contributed by atoms with van der Waals surface area (Å²) in [7, 11) is 0. The van der Waals surface area contributed by atoms with Gasteiger partial charge in [0.15, 0.2) is 5.67 Å². The normalized spacial score (nSPS) is 21.2. The van der Waals surface area contributed by atoms with E-state index in [0.29, 0.717) is 0 Å². The van der Waals surface area contributed by atoms with Crippen LogP contribution in [0.25, 0.3) is 0 Å². The van der Waals surface area contributed by atoms with Gasteiger partial charge in [0.05, 0.1) is 19.7 Å². The molecule has 0 atom stereocenters. The minimum absolute atomic E-state index is 0.0274. The second kappa shape index (κ2) is 2.94. The van der Waals surface area contributed by atoms with E-state index in [0.717, 1.165) is 0 Å². The fraction of sp³-hybridized carbons (Fsp3) is 0.889. The zero-order chi connectivity index (χ0) is 10.3. The van der Waals surface area contributed by atoms with E-state index in [1.54, 1.807) is 20.8 Å². The van der Waals surface area contributed by atoms with E-state index in [1.807, 2.05) is 0 Å². The van der Waals surface area contributed by atoms with Crippen LogP contribution in [0.2, 0.25) is 0 Å². The van der Waals surface area contributed by atoms with E-state index in [1.165, 1.54) is 4.90 Å². The molecule has 4 heteroatoms. The van der Waals surface area contributed by atoms with E-state index in [9.17, 15) is 9.18 Å². The van der Waals surface area contributed by atoms with Crippen molar-refractivity contribution in [3.05, 3.63) is 0 Å². The molecular formula is C9H16FNO2. The lowest BCUT2D eigenvalue weighted by Gasteiger charge is -2.45. The van der Waals surface area contributed by atoms with Crippen LogP contribution < -0.4 is 0 Å². The molecule has 0 radical (unpaired) electrons. The third-order valence-corrected chi connectivity index (χ3v) is 2.16. The van der Waals surface area contributed by atoms with Gasteiger partial charge in [-0.25, -0.2) is 4.39 Å². The number of halogens is 1. The molecule has 13 heavy (non-hydrogen) atoms. The number of aliphatic hydroxyl groups is 1. The van der Waals surface area contributed by atoms with Crippen LogP contribution in [0.1, 0.15) is 20.8 Å². The molecule has 1 rings (SSSR count). The standard InChI is InChI=1S/C9H16FNO2/c1-8(2,3)7(13)11-4-9(10,5-11)6-12/h12H,4-6H2,1-3H3. The molecule has 0 aromatic carbocycles. The van der Waals surface area contributed by atoms with Gasteiger partial charge in [0.1, 0.15) is 0 Å². The van der Waals surface area contributed by atoms with E-state index < -0.39 is 17.7 Å². The average molecular weight is 189 g/mol. The number of aliphatic hydroxyl groups excluding tert-OH is 1. The topological polar surface area (TPSA) is 40.5 Å². The first-order valence-electron chi connectivity index (χ1n) is 4.38. The molecule has 1 saturated heterocycles. The first-order valence-corrected chi connectivity index (χ1v) is 4.38. The molecule has 0 aromatic heterocycles. The maximum absolute atomic E-state index is 13.2. The second-order valence-electron chi connectivity index (χ2n) is 4.72. The molecule has 0 aromatic rings. The summed E-state index contributed by atoms with van der Waals surface area (Å²) >= 11 is 0. The largest absolute Gasteiger partial charge is 0.393 e. The van der Waals surface area contributed by atoms with Crippen molar-refractivity contribution in [1.29, 1.82) is 0 Å². The summed E-state index contributed by atoms with van der Waals surface area (Å²) in [5.74, 6) is -0.0609. The van der Waals surface area contributed by atoms with Crippen molar-refractivity contribution < 1.29 is 14.3 Å². The number of alkyl halides is 1. The SMILES string of the molecule is CC(C)(C)C(=O)N1CC(F)(CO)C1. The molecule has 3 nitrogen and oxygen atoms in total. The van der Waals surface area contributed by atoms with Crippen molar-refractivity contribution in [2.24, 2.45) is 5.41 Å². The monoisotopic (exact) mass is 189 g/mol. The highest BCUT2D eigenvalue weighted by molar-refractivity contribution is 5.82. The number of likely N-dealkylation sites (tertiary alicyclic amines) is 1. The summed E-state index contributed by atoms with van der Waals surface area (Å²) in [6.07, 6.45) is 0. The van der Waals surface area contributed by atoms with Gasteiger partial charge < -0.3 is 10.0 Å². The Labute approximate surface area is 77.5 Å². The Hall–Kier alpha value is -0.640. The first-order chi connectivity index (χ1) is 5.78. The Morgan fingerprint density at radius 1 is 1.54 bits per heavy atom. The van der Waals surface area contributed by atoms with Gasteiger partial charge in [-0.3, -0.25) is 4.79 Å². The fourth-order valence-corrected chi connectivity index (χ4v) is 1.36. The zero-order valence-corrected chi connectivity index (χ0v) is 8.30. The summed E-state index contributed by atoms with van der Waals surface area (Å²) in [4.78, 5) is 13.0. The fourth-order valence-electron chi connectivity index (χ4n) is 1.36. The van der Waals surface area contributed by atoms with Gasteiger partial charge in [-0.1, -0.05) is 20.8 Å². The molecule has 1 aliphatic rings. The Kier molecular flexibility index (Phi) is 2.36. The molecule has 0 spiro atoms. The molecule has 1 N–H and O–H groups in total. The van der Waals surface area contributed by atoms with Crippen molar-refractivity contribution in [3.8, 4) is 0 Å². The highest BCUT2D eigenvalue weighted by Gasteiger charge is 2.47. The smallest absolute Gasteiger partial charge is 0.228 e. The molecular weight excluding hydrogens is 173 g/mol. The third kappa shape index (κ3) is 1.99. The van der Waals surface area contributed by atoms with Crippen molar-refractivity contribution in [2.75, 3.05) is 19.7 Å². The number of hydrogen-bond donors (Lipinski definition) is 1. The predicted molar refractivity (Wildman–Crippen MR) is 47.0 cm³/mol. The molecule has 76 valence electrons. The lowest BCUT2D eigenvalue weighted by Crippen LogP contribution is -2.64. The van der Waals surface area contributed by atoms with Crippen molar-refractivity contribution >= 4 is 5.91 Å². The summed E-state index contributed by atoms with van der Waals surface area (Å²) < 4.78 is 13.2. The number of amides is 1. The third-order valence-electron chi connectivity index (χ3n) is 2.16. The zero-order valence-electron chi connectivity index (χ0n) is 8.30. The van der Waals surface area contributed by atoms with Gasteiger partial charge in [-0.05, 0) is 0 Å². The average Bonchev–Trinajstić information content (AvgIpc) is 1.95. The van der Waals surface area contributed by atoms with Crippen LogP contribution in [0.15, 0.2) is 0 Å². The maximum Gasteiger partial charge on any atom is 0.228 e. The van der Waals surface area contributed by atoms with Crippen molar-refractivity contribution in [3.63, 3.8) is 0 Å². The number of nitrogens with zero attached hydrogens (tertiary/aromatic N) is 1. The molecule has 1 amide bonds. The van der Waals surface area contributed by atoms with Crippen LogP contribution in [-0.4, -0.2) is 41.3 Å². The van der Waals surface area contributed by atoms with Gasteiger partial charge in [0, 0.05) is 5.41 Å². The van der Waals surface area contributed by atoms with Gasteiger partial charge in [-0.2, -0.15) is 0 Å². The van der Waals surface area contributed by atoms with Crippen molar-refractivity contribution in [1.82, 2.24) is 4.90 Å². The molecule has 0 aliphatic carbocycles. The summed E-state index contributed by atoms with van der Waals surface area (Å²) in [5.41, 5.74) is -2.02. The minimum Gasteiger partial charge on any atom is -0.393 e. The first kappa shape index (κ1) is 10.4. The Morgan fingerprint density at radius 3 is 2.31 bits per heavy atom. The summed E-state index contributed by atoms with van der Waals surface area (Å²) in [6, 6.07) is 0. The maximum atomic E-state index is 13.2. The summed E-state index contributed by atoms with van der Waals surface area (Å²) in [5, 5.41) is 8.63. The van der Waals surface area contributed by atoms with Crippen LogP contribution in [-0.2, 0) is 4.79 Å². The lowest BCUT2D eigenvalue weighted by atomic mass is 9.89. The van der Waals surface area contributed by atoms with E-state index in [2.05, 4.69) is 0 Å². The molecule has 0 bridgehead atoms. The van der Waals surface area contributed by atoms with Gasteiger partial charge in [0.25, 0.3) is 0 Å². The van der Waals surface area contributed by atoms with Crippen LogP contribution in [0.4, 0.5) is 4.39 Å². The van der Waals surface area contributed by atoms with Gasteiger partial charge >= 0.3 is 0 Å². The quantitative estimate of drug-likeness (QED) is 0.655. The molecule has 1 heterocycles. The number of carbonyl (C=O) groups excluding carboxylic acids is 1. The van der Waals surface area contributed by atoms with E-state index in [-0.39, 0.29) is 19.0 Å². The molecule has 1 fully saturated rings. The van der Waals surface area contributed by atoms with Crippen LogP contribution in [0, 0.1) is 5.41 Å². The Morgan fingerprint density at radius 2 is 2.00 bits per heavy atom. The van der Waals surface area contributed by atoms with E-state index in [4.69, 9.17) is 5.11 Å². The number of rotatable bonds is 1. The van der Waals surface area contributed by atoms with Crippen LogP contribution in [0.3, 0.4) is 0 Å².